The molecule has 0 unspecified atom stereocenters. The number of hydrogen-bond donors (Lipinski definition) is 0. The van der Waals surface area contributed by atoms with Crippen LogP contribution >= 0.6 is 0 Å². The van der Waals surface area contributed by atoms with E-state index < -0.39 is 0 Å². The number of rotatable bonds is 11. The Bertz CT molecular complexity index is 254. The summed E-state index contributed by atoms with van der Waals surface area (Å²) in [5, 5.41) is 0. The topological polar surface area (TPSA) is 3.24 Å². The highest BCUT2D eigenvalue weighted by molar-refractivity contribution is 4.95. The van der Waals surface area contributed by atoms with Crippen molar-refractivity contribution in [1.29, 1.82) is 0 Å². The van der Waals surface area contributed by atoms with Gasteiger partial charge >= 0.3 is 0 Å². The van der Waals surface area contributed by atoms with Crippen LogP contribution in [-0.4, -0.2) is 24.5 Å². The second kappa shape index (κ2) is 11.2. The third kappa shape index (κ3) is 8.99. The first-order valence-electron chi connectivity index (χ1n) is 8.00. The van der Waals surface area contributed by atoms with E-state index in [4.69, 9.17) is 0 Å². The largest absolute Gasteiger partial charge is 0.297 e. The molecule has 19 heavy (non-hydrogen) atoms. The van der Waals surface area contributed by atoms with E-state index in [1.165, 1.54) is 44.9 Å². The molecule has 1 aliphatic heterocycles. The summed E-state index contributed by atoms with van der Waals surface area (Å²) in [4.78, 5) is 2.21. The summed E-state index contributed by atoms with van der Waals surface area (Å²) in [7, 11) is 0. The summed E-state index contributed by atoms with van der Waals surface area (Å²) in [5.41, 5.74) is 0. The molecular weight excluding hydrogens is 237 g/mol. The maximum Gasteiger partial charge on any atom is 0.110 e. The molecule has 0 bridgehead atoms. The number of hydrogen-bond acceptors (Lipinski definition) is 1. The maximum absolute atomic E-state index is 13.6. The highest BCUT2D eigenvalue weighted by Crippen LogP contribution is 2.13. The van der Waals surface area contributed by atoms with E-state index in [1.807, 2.05) is 6.08 Å². The number of halogens is 1. The smallest absolute Gasteiger partial charge is 0.110 e. The summed E-state index contributed by atoms with van der Waals surface area (Å²) in [6.07, 6.45) is 15.9. The Morgan fingerprint density at radius 3 is 2.16 bits per heavy atom. The van der Waals surface area contributed by atoms with Gasteiger partial charge in [0.05, 0.1) is 0 Å². The highest BCUT2D eigenvalue weighted by Gasteiger charge is 2.12. The lowest BCUT2D eigenvalue weighted by molar-refractivity contribution is 0.338. The van der Waals surface area contributed by atoms with Crippen LogP contribution in [0.1, 0.15) is 64.2 Å². The van der Waals surface area contributed by atoms with Gasteiger partial charge in [0, 0.05) is 6.54 Å². The minimum absolute atomic E-state index is 0.0767. The fraction of sp³-hybridized carbons (Fsp3) is 0.765. The van der Waals surface area contributed by atoms with Gasteiger partial charge in [-0.1, -0.05) is 37.8 Å². The lowest BCUT2D eigenvalue weighted by Crippen LogP contribution is -2.20. The third-order valence-corrected chi connectivity index (χ3v) is 3.80. The molecule has 1 aliphatic rings. The molecule has 110 valence electrons. The fourth-order valence-electron chi connectivity index (χ4n) is 2.62. The van der Waals surface area contributed by atoms with Gasteiger partial charge in [0.1, 0.15) is 5.83 Å². The summed E-state index contributed by atoms with van der Waals surface area (Å²) >= 11 is 0. The molecule has 0 radical (unpaired) electrons. The molecule has 0 aromatic rings. The lowest BCUT2D eigenvalue weighted by atomic mass is 10.1. The Hall–Kier alpha value is -0.630. The molecule has 1 heterocycles. The molecule has 0 atom stereocenters. The van der Waals surface area contributed by atoms with E-state index in [1.54, 1.807) is 6.08 Å². The van der Waals surface area contributed by atoms with Crippen LogP contribution in [0.2, 0.25) is 0 Å². The van der Waals surface area contributed by atoms with Gasteiger partial charge in [-0.15, -0.1) is 6.58 Å². The van der Waals surface area contributed by atoms with Gasteiger partial charge in [-0.3, -0.25) is 4.90 Å². The summed E-state index contributed by atoms with van der Waals surface area (Å²) in [6, 6.07) is 0. The van der Waals surface area contributed by atoms with Crippen LogP contribution in [0.4, 0.5) is 4.39 Å². The second-order valence-corrected chi connectivity index (χ2v) is 5.62. The summed E-state index contributed by atoms with van der Waals surface area (Å²) < 4.78 is 13.6. The van der Waals surface area contributed by atoms with E-state index in [-0.39, 0.29) is 5.83 Å². The summed E-state index contributed by atoms with van der Waals surface area (Å²) in [5.74, 6) is 0.0767. The van der Waals surface area contributed by atoms with Gasteiger partial charge in [-0.2, -0.15) is 0 Å². The van der Waals surface area contributed by atoms with Gasteiger partial charge < -0.3 is 0 Å². The Morgan fingerprint density at radius 2 is 1.53 bits per heavy atom. The van der Waals surface area contributed by atoms with Gasteiger partial charge in [0.25, 0.3) is 0 Å². The third-order valence-electron chi connectivity index (χ3n) is 3.80. The van der Waals surface area contributed by atoms with Crippen LogP contribution < -0.4 is 0 Å². The zero-order chi connectivity index (χ0) is 13.8. The molecular formula is C17H30FN. The number of nitrogens with zero attached hydrogens (tertiary/aromatic N) is 1. The number of allylic oxidation sites excluding steroid dienone is 2. The first kappa shape index (κ1) is 16.4. The Labute approximate surface area is 118 Å². The van der Waals surface area contributed by atoms with Crippen molar-refractivity contribution < 1.29 is 4.39 Å². The zero-order valence-corrected chi connectivity index (χ0v) is 12.4. The van der Waals surface area contributed by atoms with Crippen LogP contribution in [-0.2, 0) is 0 Å². The fourth-order valence-corrected chi connectivity index (χ4v) is 2.62. The second-order valence-electron chi connectivity index (χ2n) is 5.62. The molecule has 0 saturated carbocycles. The van der Waals surface area contributed by atoms with Crippen molar-refractivity contribution in [2.75, 3.05) is 19.6 Å². The average Bonchev–Trinajstić information content (AvgIpc) is 2.89. The lowest BCUT2D eigenvalue weighted by Gasteiger charge is -2.12. The Kier molecular flexibility index (Phi) is 9.70. The van der Waals surface area contributed by atoms with E-state index >= 15 is 0 Å². The van der Waals surface area contributed by atoms with Crippen LogP contribution in [0.3, 0.4) is 0 Å². The first-order valence-corrected chi connectivity index (χ1v) is 8.00. The van der Waals surface area contributed by atoms with Crippen LogP contribution in [0.15, 0.2) is 24.6 Å². The molecule has 1 saturated heterocycles. The van der Waals surface area contributed by atoms with E-state index in [0.29, 0.717) is 6.54 Å². The molecule has 0 N–H and O–H groups in total. The van der Waals surface area contributed by atoms with Crippen LogP contribution in [0, 0.1) is 0 Å². The summed E-state index contributed by atoms with van der Waals surface area (Å²) in [6.45, 7) is 6.42. The van der Waals surface area contributed by atoms with Crippen molar-refractivity contribution in [2.24, 2.45) is 0 Å². The molecule has 0 aromatic carbocycles. The molecule has 0 aromatic heterocycles. The van der Waals surface area contributed by atoms with Crippen molar-refractivity contribution in [3.63, 3.8) is 0 Å². The Morgan fingerprint density at radius 1 is 0.947 bits per heavy atom. The number of unbranched alkanes of at least 4 members (excludes halogenated alkanes) is 7. The normalized spacial score (nSPS) is 17.0. The monoisotopic (exact) mass is 267 g/mol. The van der Waals surface area contributed by atoms with Crippen molar-refractivity contribution in [2.45, 2.75) is 64.2 Å². The van der Waals surface area contributed by atoms with Gasteiger partial charge in [-0.05, 0) is 51.6 Å². The minimum Gasteiger partial charge on any atom is -0.297 e. The Balaban J connectivity index is 1.89. The predicted molar refractivity (Wildman–Crippen MR) is 82.0 cm³/mol. The zero-order valence-electron chi connectivity index (χ0n) is 12.4. The minimum atomic E-state index is 0.0767. The standard InChI is InChI=1S/C17H30FN/c1-2-3-4-5-6-7-8-9-10-13-17(18)16-19-14-11-12-15-19/h2,13H,1,3-12,14-16H2/b17-13-. The van der Waals surface area contributed by atoms with E-state index in [9.17, 15) is 4.39 Å². The molecule has 1 fully saturated rings. The average molecular weight is 267 g/mol. The van der Waals surface area contributed by atoms with Crippen molar-refractivity contribution >= 4 is 0 Å². The van der Waals surface area contributed by atoms with Crippen LogP contribution in [0.25, 0.3) is 0 Å². The molecule has 1 nitrogen and oxygen atoms in total. The van der Waals surface area contributed by atoms with Gasteiger partial charge in [-0.25, -0.2) is 4.39 Å². The molecule has 0 spiro atoms. The van der Waals surface area contributed by atoms with Gasteiger partial charge in [0.15, 0.2) is 0 Å². The molecule has 2 heteroatoms. The van der Waals surface area contributed by atoms with Crippen molar-refractivity contribution in [3.05, 3.63) is 24.6 Å². The first-order chi connectivity index (χ1) is 9.33. The SMILES string of the molecule is C=CCCCCCCCC/C=C(\F)CN1CCCC1. The van der Waals surface area contributed by atoms with Crippen molar-refractivity contribution in [3.8, 4) is 0 Å². The predicted octanol–water partition coefficient (Wildman–Crippen LogP) is 5.24. The van der Waals surface area contributed by atoms with E-state index in [0.717, 1.165) is 32.4 Å². The number of likely N-dealkylation sites (tertiary alicyclic amines) is 1. The maximum atomic E-state index is 13.6. The quantitative estimate of drug-likeness (QED) is 0.365. The molecule has 0 amide bonds. The van der Waals surface area contributed by atoms with Crippen LogP contribution in [0.5, 0.6) is 0 Å². The van der Waals surface area contributed by atoms with Gasteiger partial charge in [0.2, 0.25) is 0 Å². The van der Waals surface area contributed by atoms with Crippen molar-refractivity contribution in [1.82, 2.24) is 4.90 Å². The molecule has 0 aliphatic carbocycles. The molecule has 1 rings (SSSR count). The van der Waals surface area contributed by atoms with E-state index in [2.05, 4.69) is 11.5 Å². The highest BCUT2D eigenvalue weighted by atomic mass is 19.1.